The summed E-state index contributed by atoms with van der Waals surface area (Å²) in [6, 6.07) is 16.4. The van der Waals surface area contributed by atoms with Crippen LogP contribution in [0.1, 0.15) is 37.7 Å². The van der Waals surface area contributed by atoms with E-state index in [1.807, 2.05) is 42.7 Å². The van der Waals surface area contributed by atoms with Gasteiger partial charge in [0, 0.05) is 23.1 Å². The summed E-state index contributed by atoms with van der Waals surface area (Å²) in [5, 5.41) is 5.67. The molecule has 0 unspecified atom stereocenters. The molecule has 0 aliphatic heterocycles. The summed E-state index contributed by atoms with van der Waals surface area (Å²) in [6.07, 6.45) is 3.18. The van der Waals surface area contributed by atoms with Gasteiger partial charge in [0.15, 0.2) is 0 Å². The number of urea groups is 1. The summed E-state index contributed by atoms with van der Waals surface area (Å²) in [7, 11) is 0. The van der Waals surface area contributed by atoms with Crippen LogP contribution in [-0.2, 0) is 5.41 Å². The minimum absolute atomic E-state index is 0.0649. The summed E-state index contributed by atoms with van der Waals surface area (Å²) in [6.45, 7) is 10.4. The van der Waals surface area contributed by atoms with Gasteiger partial charge in [-0.05, 0) is 61.2 Å². The first-order chi connectivity index (χ1) is 16.2. The molecule has 8 nitrogen and oxygen atoms in total. The predicted molar refractivity (Wildman–Crippen MR) is 133 cm³/mol. The molecule has 8 heteroatoms. The van der Waals surface area contributed by atoms with Crippen molar-refractivity contribution in [3.8, 4) is 17.4 Å². The molecule has 0 bridgehead atoms. The molecule has 2 aromatic heterocycles. The second kappa shape index (κ2) is 9.35. The summed E-state index contributed by atoms with van der Waals surface area (Å²) in [5.41, 5.74) is 4.59. The summed E-state index contributed by atoms with van der Waals surface area (Å²) in [4.78, 5) is 25.2. The van der Waals surface area contributed by atoms with Crippen LogP contribution >= 0.6 is 0 Å². The van der Waals surface area contributed by atoms with Gasteiger partial charge in [0.1, 0.15) is 24.2 Å². The first-order valence-electron chi connectivity index (χ1n) is 11.0. The number of nitrogens with one attached hydrogen (secondary N) is 2. The van der Waals surface area contributed by atoms with E-state index in [0.29, 0.717) is 23.1 Å². The van der Waals surface area contributed by atoms with E-state index >= 15 is 0 Å². The minimum atomic E-state index is -0.316. The van der Waals surface area contributed by atoms with Crippen LogP contribution in [-0.4, -0.2) is 25.6 Å². The third-order valence-corrected chi connectivity index (χ3v) is 5.47. The Morgan fingerprint density at radius 3 is 2.06 bits per heavy atom. The lowest BCUT2D eigenvalue weighted by Crippen LogP contribution is -2.19. The first-order valence-corrected chi connectivity index (χ1v) is 11.0. The molecule has 0 radical (unpaired) electrons. The molecule has 2 amide bonds. The number of benzene rings is 2. The van der Waals surface area contributed by atoms with Crippen molar-refractivity contribution in [3.63, 3.8) is 0 Å². The zero-order valence-electron chi connectivity index (χ0n) is 20.0. The fourth-order valence-electron chi connectivity index (χ4n) is 3.32. The second-order valence-electron chi connectivity index (χ2n) is 9.03. The normalized spacial score (nSPS) is 11.2. The van der Waals surface area contributed by atoms with Crippen molar-refractivity contribution in [2.45, 2.75) is 40.0 Å². The lowest BCUT2D eigenvalue weighted by atomic mass is 9.87. The highest BCUT2D eigenvalue weighted by atomic mass is 16.5. The number of ether oxygens (including phenoxy) is 1. The van der Waals surface area contributed by atoms with Crippen molar-refractivity contribution in [1.29, 1.82) is 0 Å². The van der Waals surface area contributed by atoms with Crippen molar-refractivity contribution < 1.29 is 9.53 Å². The summed E-state index contributed by atoms with van der Waals surface area (Å²) < 4.78 is 7.75. The van der Waals surface area contributed by atoms with Gasteiger partial charge in [0.25, 0.3) is 0 Å². The van der Waals surface area contributed by atoms with E-state index in [2.05, 4.69) is 46.4 Å². The van der Waals surface area contributed by atoms with Crippen LogP contribution in [0.25, 0.3) is 5.82 Å². The number of aromatic nitrogens is 4. The van der Waals surface area contributed by atoms with Gasteiger partial charge < -0.3 is 15.4 Å². The fraction of sp³-hybridized carbons (Fsp3) is 0.231. The van der Waals surface area contributed by atoms with Crippen LogP contribution in [0.15, 0.2) is 67.3 Å². The molecule has 0 saturated heterocycles. The van der Waals surface area contributed by atoms with E-state index in [9.17, 15) is 4.79 Å². The minimum Gasteiger partial charge on any atom is -0.439 e. The molecular weight excluding hydrogens is 428 g/mol. The topological polar surface area (TPSA) is 94.0 Å². The first kappa shape index (κ1) is 23.0. The van der Waals surface area contributed by atoms with Gasteiger partial charge in [-0.3, -0.25) is 4.57 Å². The van der Waals surface area contributed by atoms with Gasteiger partial charge in [-0.25, -0.2) is 19.7 Å². The average molecular weight is 457 g/mol. The number of aryl methyl sites for hydroxylation is 1. The van der Waals surface area contributed by atoms with Crippen LogP contribution in [0.3, 0.4) is 0 Å². The average Bonchev–Trinajstić information content (AvgIpc) is 3.13. The molecule has 0 saturated carbocycles. The maximum absolute atomic E-state index is 12.4. The predicted octanol–water partition coefficient (Wildman–Crippen LogP) is 6.01. The number of carbonyl (C=O) groups excluding carboxylic acids is 1. The van der Waals surface area contributed by atoms with Crippen molar-refractivity contribution in [2.75, 3.05) is 10.6 Å². The number of anilines is 2. The van der Waals surface area contributed by atoms with Gasteiger partial charge in [-0.15, -0.1) is 0 Å². The van der Waals surface area contributed by atoms with Crippen molar-refractivity contribution in [3.05, 3.63) is 84.2 Å². The monoisotopic (exact) mass is 456 g/mol. The highest BCUT2D eigenvalue weighted by molar-refractivity contribution is 5.99. The lowest BCUT2D eigenvalue weighted by molar-refractivity contribution is 0.262. The SMILES string of the molecule is Cc1ncn(-c2cc(Oc3ccc(NC(=O)Nc4ccc(C(C)(C)C)cc4)cc3)ncn2)c1C. The number of carbonyl (C=O) groups is 1. The smallest absolute Gasteiger partial charge is 0.323 e. The number of rotatable bonds is 5. The van der Waals surface area contributed by atoms with Crippen LogP contribution in [0.5, 0.6) is 11.6 Å². The lowest BCUT2D eigenvalue weighted by Gasteiger charge is -2.19. The Balaban J connectivity index is 1.37. The Morgan fingerprint density at radius 2 is 1.50 bits per heavy atom. The molecular formula is C26H28N6O2. The third-order valence-electron chi connectivity index (χ3n) is 5.47. The van der Waals surface area contributed by atoms with E-state index in [0.717, 1.165) is 17.1 Å². The zero-order valence-corrected chi connectivity index (χ0v) is 20.0. The van der Waals surface area contributed by atoms with E-state index in [4.69, 9.17) is 4.74 Å². The van der Waals surface area contributed by atoms with Gasteiger partial charge >= 0.3 is 6.03 Å². The van der Waals surface area contributed by atoms with E-state index in [1.54, 1.807) is 36.7 Å². The van der Waals surface area contributed by atoms with Gasteiger partial charge in [0.2, 0.25) is 5.88 Å². The van der Waals surface area contributed by atoms with Crippen molar-refractivity contribution in [1.82, 2.24) is 19.5 Å². The largest absolute Gasteiger partial charge is 0.439 e. The van der Waals surface area contributed by atoms with Gasteiger partial charge in [-0.1, -0.05) is 32.9 Å². The number of nitrogens with zero attached hydrogens (tertiary/aromatic N) is 4. The van der Waals surface area contributed by atoms with E-state index < -0.39 is 0 Å². The molecule has 2 heterocycles. The molecule has 4 aromatic rings. The highest BCUT2D eigenvalue weighted by Gasteiger charge is 2.13. The van der Waals surface area contributed by atoms with Crippen LogP contribution < -0.4 is 15.4 Å². The standard InChI is InChI=1S/C26H28N6O2/c1-17-18(2)32(16-29-17)23-14-24(28-15-27-23)34-22-12-10-21(11-13-22)31-25(33)30-20-8-6-19(7-9-20)26(3,4)5/h6-16H,1-5H3,(H2,30,31,33). The Morgan fingerprint density at radius 1 is 0.882 bits per heavy atom. The third kappa shape index (κ3) is 5.40. The van der Waals surface area contributed by atoms with Crippen molar-refractivity contribution >= 4 is 17.4 Å². The Hall–Kier alpha value is -4.20. The highest BCUT2D eigenvalue weighted by Crippen LogP contribution is 2.25. The summed E-state index contributed by atoms with van der Waals surface area (Å²) >= 11 is 0. The molecule has 34 heavy (non-hydrogen) atoms. The molecule has 4 rings (SSSR count). The quantitative estimate of drug-likeness (QED) is 0.383. The molecule has 0 atom stereocenters. The van der Waals surface area contributed by atoms with Crippen LogP contribution in [0.2, 0.25) is 0 Å². The molecule has 0 fully saturated rings. The maximum atomic E-state index is 12.4. The van der Waals surface area contributed by atoms with Gasteiger partial charge in [0.05, 0.1) is 5.69 Å². The van der Waals surface area contributed by atoms with Crippen molar-refractivity contribution in [2.24, 2.45) is 0 Å². The van der Waals surface area contributed by atoms with Crippen LogP contribution in [0, 0.1) is 13.8 Å². The number of amides is 2. The molecule has 0 aliphatic rings. The fourth-order valence-corrected chi connectivity index (χ4v) is 3.32. The molecule has 2 aromatic carbocycles. The van der Waals surface area contributed by atoms with E-state index in [-0.39, 0.29) is 11.4 Å². The Kier molecular flexibility index (Phi) is 6.32. The number of hydrogen-bond acceptors (Lipinski definition) is 5. The molecule has 0 aliphatic carbocycles. The van der Waals surface area contributed by atoms with Crippen LogP contribution in [0.4, 0.5) is 16.2 Å². The van der Waals surface area contributed by atoms with E-state index in [1.165, 1.54) is 11.9 Å². The van der Waals surface area contributed by atoms with Gasteiger partial charge in [-0.2, -0.15) is 0 Å². The summed E-state index contributed by atoms with van der Waals surface area (Å²) in [5.74, 6) is 1.67. The number of hydrogen-bond donors (Lipinski definition) is 2. The zero-order chi connectivity index (χ0) is 24.3. The molecule has 2 N–H and O–H groups in total. The second-order valence-corrected chi connectivity index (χ2v) is 9.03. The molecule has 174 valence electrons. The Labute approximate surface area is 199 Å². The maximum Gasteiger partial charge on any atom is 0.323 e. The number of imidazole rings is 1. The molecule has 0 spiro atoms. The Bertz CT molecular complexity index is 1290.